The molecule has 0 heterocycles. The highest BCUT2D eigenvalue weighted by atomic mass is 16.5. The van der Waals surface area contributed by atoms with Crippen molar-refractivity contribution in [2.24, 2.45) is 23.7 Å². The van der Waals surface area contributed by atoms with Gasteiger partial charge < -0.3 is 9.53 Å². The Hall–Kier alpha value is -1.52. The predicted octanol–water partition coefficient (Wildman–Crippen LogP) is 0.795. The number of aldehydes is 1. The first-order chi connectivity index (χ1) is 8.42. The normalized spacial score (nSPS) is 31.5. The first-order valence-electron chi connectivity index (χ1n) is 5.96. The topological polar surface area (TPSA) is 77.5 Å². The summed E-state index contributed by atoms with van der Waals surface area (Å²) in [6, 6.07) is 0. The van der Waals surface area contributed by atoms with Gasteiger partial charge >= 0.3 is 5.97 Å². The fourth-order valence-electron chi connectivity index (χ4n) is 2.71. The largest absolute Gasteiger partial charge is 0.469 e. The van der Waals surface area contributed by atoms with Crippen molar-refractivity contribution in [3.63, 3.8) is 0 Å². The molecule has 0 aromatic rings. The number of hydrogen-bond acceptors (Lipinski definition) is 5. The SMILES string of the molecule is COC(=O)C1CC(C(C)=O)C(C(C)=O)CC1C=O. The van der Waals surface area contributed by atoms with E-state index in [0.717, 1.165) is 0 Å². The number of carbonyl (C=O) groups is 4. The average Bonchev–Trinajstić information content (AvgIpc) is 2.35. The van der Waals surface area contributed by atoms with E-state index in [1.54, 1.807) is 0 Å². The first kappa shape index (κ1) is 14.5. The van der Waals surface area contributed by atoms with Crippen molar-refractivity contribution in [3.8, 4) is 0 Å². The molecule has 0 bridgehead atoms. The molecule has 5 heteroatoms. The van der Waals surface area contributed by atoms with Crippen LogP contribution in [0.25, 0.3) is 0 Å². The summed E-state index contributed by atoms with van der Waals surface area (Å²) in [5, 5.41) is 0. The molecule has 0 saturated heterocycles. The van der Waals surface area contributed by atoms with Gasteiger partial charge in [0.25, 0.3) is 0 Å². The van der Waals surface area contributed by atoms with Crippen LogP contribution < -0.4 is 0 Å². The minimum absolute atomic E-state index is 0.106. The van der Waals surface area contributed by atoms with Crippen LogP contribution in [0.5, 0.6) is 0 Å². The van der Waals surface area contributed by atoms with Gasteiger partial charge in [0.2, 0.25) is 0 Å². The fraction of sp³-hybridized carbons (Fsp3) is 0.692. The van der Waals surface area contributed by atoms with E-state index < -0.39 is 29.6 Å². The van der Waals surface area contributed by atoms with Gasteiger partial charge in [0, 0.05) is 17.8 Å². The summed E-state index contributed by atoms with van der Waals surface area (Å²) >= 11 is 0. The third-order valence-electron chi connectivity index (χ3n) is 3.76. The molecular formula is C13H18O5. The molecule has 1 fully saturated rings. The van der Waals surface area contributed by atoms with Gasteiger partial charge in [0.1, 0.15) is 17.9 Å². The molecule has 1 saturated carbocycles. The summed E-state index contributed by atoms with van der Waals surface area (Å²) < 4.78 is 4.65. The van der Waals surface area contributed by atoms with Crippen LogP contribution in [0.1, 0.15) is 26.7 Å². The molecule has 100 valence electrons. The van der Waals surface area contributed by atoms with Gasteiger partial charge in [-0.2, -0.15) is 0 Å². The Morgan fingerprint density at radius 1 is 1.00 bits per heavy atom. The molecule has 18 heavy (non-hydrogen) atoms. The lowest BCUT2D eigenvalue weighted by atomic mass is 9.66. The zero-order valence-electron chi connectivity index (χ0n) is 10.8. The second-order valence-electron chi connectivity index (χ2n) is 4.84. The van der Waals surface area contributed by atoms with E-state index in [1.165, 1.54) is 21.0 Å². The molecule has 0 aromatic heterocycles. The van der Waals surface area contributed by atoms with Crippen LogP contribution in [0.2, 0.25) is 0 Å². The van der Waals surface area contributed by atoms with Crippen molar-refractivity contribution in [2.45, 2.75) is 26.7 Å². The number of carbonyl (C=O) groups excluding carboxylic acids is 4. The molecule has 1 rings (SSSR count). The number of Topliss-reactive ketones (excluding diaryl/α,β-unsaturated/α-hetero) is 2. The van der Waals surface area contributed by atoms with Gasteiger partial charge in [-0.1, -0.05) is 0 Å². The molecule has 0 N–H and O–H groups in total. The lowest BCUT2D eigenvalue weighted by molar-refractivity contribution is -0.154. The molecular weight excluding hydrogens is 236 g/mol. The number of esters is 1. The summed E-state index contributed by atoms with van der Waals surface area (Å²) in [6.07, 6.45) is 1.16. The summed E-state index contributed by atoms with van der Waals surface area (Å²) in [5.74, 6) is -2.81. The van der Waals surface area contributed by atoms with Crippen LogP contribution in [0.3, 0.4) is 0 Å². The van der Waals surface area contributed by atoms with Crippen LogP contribution in [0, 0.1) is 23.7 Å². The predicted molar refractivity (Wildman–Crippen MR) is 62.6 cm³/mol. The third kappa shape index (κ3) is 2.83. The van der Waals surface area contributed by atoms with E-state index in [-0.39, 0.29) is 24.4 Å². The molecule has 4 unspecified atom stereocenters. The smallest absolute Gasteiger partial charge is 0.309 e. The van der Waals surface area contributed by atoms with E-state index in [4.69, 9.17) is 0 Å². The Morgan fingerprint density at radius 2 is 1.50 bits per heavy atom. The van der Waals surface area contributed by atoms with Crippen molar-refractivity contribution < 1.29 is 23.9 Å². The molecule has 1 aliphatic rings. The highest BCUT2D eigenvalue weighted by molar-refractivity contribution is 5.89. The standard InChI is InChI=1S/C13H18O5/c1-7(15)10-4-9(6-14)12(13(17)18-3)5-11(10)8(2)16/h6,9-12H,4-5H2,1-3H3. The number of hydrogen-bond donors (Lipinski definition) is 0. The van der Waals surface area contributed by atoms with E-state index in [2.05, 4.69) is 4.74 Å². The Kier molecular flexibility index (Phi) is 4.76. The lowest BCUT2D eigenvalue weighted by Crippen LogP contribution is -2.42. The second kappa shape index (κ2) is 5.89. The van der Waals surface area contributed by atoms with Crippen molar-refractivity contribution in [3.05, 3.63) is 0 Å². The van der Waals surface area contributed by atoms with Gasteiger partial charge in [-0.05, 0) is 26.7 Å². The molecule has 0 radical (unpaired) electrons. The summed E-state index contributed by atoms with van der Waals surface area (Å²) in [7, 11) is 1.25. The monoisotopic (exact) mass is 254 g/mol. The molecule has 0 amide bonds. The fourth-order valence-corrected chi connectivity index (χ4v) is 2.71. The Balaban J connectivity index is 2.99. The highest BCUT2D eigenvalue weighted by Crippen LogP contribution is 2.38. The number of ketones is 2. The molecule has 0 aliphatic heterocycles. The van der Waals surface area contributed by atoms with Crippen molar-refractivity contribution in [1.29, 1.82) is 0 Å². The Labute approximate surface area is 106 Å². The van der Waals surface area contributed by atoms with Gasteiger partial charge in [-0.25, -0.2) is 0 Å². The van der Waals surface area contributed by atoms with Crippen LogP contribution in [0.15, 0.2) is 0 Å². The zero-order valence-corrected chi connectivity index (χ0v) is 10.8. The van der Waals surface area contributed by atoms with Crippen LogP contribution in [-0.4, -0.2) is 30.9 Å². The second-order valence-corrected chi connectivity index (χ2v) is 4.84. The lowest BCUT2D eigenvalue weighted by Gasteiger charge is -2.35. The maximum atomic E-state index is 11.6. The average molecular weight is 254 g/mol. The maximum Gasteiger partial charge on any atom is 0.309 e. The number of ether oxygens (including phenoxy) is 1. The van der Waals surface area contributed by atoms with Gasteiger partial charge in [-0.15, -0.1) is 0 Å². The zero-order chi connectivity index (χ0) is 13.9. The molecule has 0 aromatic carbocycles. The van der Waals surface area contributed by atoms with E-state index in [9.17, 15) is 19.2 Å². The molecule has 5 nitrogen and oxygen atoms in total. The third-order valence-corrected chi connectivity index (χ3v) is 3.76. The van der Waals surface area contributed by atoms with E-state index in [1.807, 2.05) is 0 Å². The van der Waals surface area contributed by atoms with Crippen molar-refractivity contribution in [1.82, 2.24) is 0 Å². The minimum Gasteiger partial charge on any atom is -0.469 e. The Bertz CT molecular complexity index is 374. The first-order valence-corrected chi connectivity index (χ1v) is 5.96. The Morgan fingerprint density at radius 3 is 1.89 bits per heavy atom. The van der Waals surface area contributed by atoms with Crippen LogP contribution >= 0.6 is 0 Å². The summed E-state index contributed by atoms with van der Waals surface area (Å²) in [6.45, 7) is 2.83. The van der Waals surface area contributed by atoms with Gasteiger partial charge in [0.05, 0.1) is 13.0 Å². The van der Waals surface area contributed by atoms with Crippen molar-refractivity contribution in [2.75, 3.05) is 7.11 Å². The number of methoxy groups -OCH3 is 1. The molecule has 4 atom stereocenters. The summed E-state index contributed by atoms with van der Waals surface area (Å²) in [5.41, 5.74) is 0. The molecule has 1 aliphatic carbocycles. The quantitative estimate of drug-likeness (QED) is 0.547. The maximum absolute atomic E-state index is 11.6. The van der Waals surface area contributed by atoms with Gasteiger partial charge in [0.15, 0.2) is 0 Å². The minimum atomic E-state index is -0.614. The highest BCUT2D eigenvalue weighted by Gasteiger charge is 2.44. The van der Waals surface area contributed by atoms with Crippen LogP contribution in [0.4, 0.5) is 0 Å². The van der Waals surface area contributed by atoms with E-state index >= 15 is 0 Å². The van der Waals surface area contributed by atoms with Crippen molar-refractivity contribution >= 4 is 23.8 Å². The molecule has 0 spiro atoms. The van der Waals surface area contributed by atoms with Gasteiger partial charge in [-0.3, -0.25) is 14.4 Å². The van der Waals surface area contributed by atoms with E-state index in [0.29, 0.717) is 6.29 Å². The van der Waals surface area contributed by atoms with Crippen LogP contribution in [-0.2, 0) is 23.9 Å². The number of rotatable bonds is 4. The summed E-state index contributed by atoms with van der Waals surface area (Å²) in [4.78, 5) is 45.7.